The average Bonchev–Trinajstić information content (AvgIpc) is 2.73. The molecule has 9 nitrogen and oxygen atoms in total. The van der Waals surface area contributed by atoms with Gasteiger partial charge in [-0.1, -0.05) is 18.2 Å². The lowest BCUT2D eigenvalue weighted by atomic mass is 10.2. The van der Waals surface area contributed by atoms with Gasteiger partial charge < -0.3 is 5.32 Å². The van der Waals surface area contributed by atoms with E-state index in [-0.39, 0.29) is 17.2 Å². The van der Waals surface area contributed by atoms with Gasteiger partial charge in [0, 0.05) is 19.3 Å². The quantitative estimate of drug-likeness (QED) is 0.513. The van der Waals surface area contributed by atoms with Crippen LogP contribution >= 0.6 is 0 Å². The second-order valence-corrected chi connectivity index (χ2v) is 10.4. The summed E-state index contributed by atoms with van der Waals surface area (Å²) in [4.78, 5) is 12.2. The Morgan fingerprint density at radius 3 is 2.26 bits per heavy atom. The molecule has 31 heavy (non-hydrogen) atoms. The molecule has 0 aliphatic rings. The molecule has 0 aromatic heterocycles. The van der Waals surface area contributed by atoms with E-state index in [1.54, 1.807) is 12.1 Å². The number of anilines is 1. The third-order valence-corrected chi connectivity index (χ3v) is 7.24. The van der Waals surface area contributed by atoms with Gasteiger partial charge in [0.1, 0.15) is 0 Å². The molecule has 0 spiro atoms. The molecular formula is C20H22N4O5S2. The summed E-state index contributed by atoms with van der Waals surface area (Å²) >= 11 is 0. The fourth-order valence-corrected chi connectivity index (χ4v) is 4.74. The third-order valence-electron chi connectivity index (χ3n) is 4.10. The van der Waals surface area contributed by atoms with E-state index in [4.69, 9.17) is 5.26 Å². The zero-order valence-electron chi connectivity index (χ0n) is 16.8. The molecule has 2 rings (SSSR count). The van der Waals surface area contributed by atoms with Crippen LogP contribution in [0.3, 0.4) is 0 Å². The van der Waals surface area contributed by atoms with Crippen molar-refractivity contribution >= 4 is 31.6 Å². The predicted octanol–water partition coefficient (Wildman–Crippen LogP) is 1.42. The minimum atomic E-state index is -3.90. The Balaban J connectivity index is 1.98. The zero-order chi connectivity index (χ0) is 23.1. The Morgan fingerprint density at radius 2 is 1.71 bits per heavy atom. The molecule has 0 atom stereocenters. The lowest BCUT2D eigenvalue weighted by molar-refractivity contribution is -0.116. The van der Waals surface area contributed by atoms with Crippen molar-refractivity contribution in [1.29, 1.82) is 5.26 Å². The average molecular weight is 463 g/mol. The number of rotatable bonds is 10. The number of sulfonamides is 2. The van der Waals surface area contributed by atoms with E-state index in [1.165, 1.54) is 49.5 Å². The molecule has 0 unspecified atom stereocenters. The molecule has 0 saturated carbocycles. The maximum Gasteiger partial charge on any atom is 0.243 e. The van der Waals surface area contributed by atoms with Gasteiger partial charge in [-0.15, -0.1) is 6.58 Å². The SMILES string of the molecule is C=CCNS(=O)(=O)Cc1ccc(NC(=O)CN(C)S(=O)(=O)c2ccc(C#N)cc2)cc1. The molecule has 0 saturated heterocycles. The fourth-order valence-electron chi connectivity index (χ4n) is 2.51. The molecule has 1 amide bonds. The second kappa shape index (κ2) is 10.3. The van der Waals surface area contributed by atoms with E-state index in [9.17, 15) is 21.6 Å². The number of amides is 1. The van der Waals surface area contributed by atoms with Gasteiger partial charge in [0.25, 0.3) is 0 Å². The van der Waals surface area contributed by atoms with Crippen LogP contribution in [0.4, 0.5) is 5.69 Å². The van der Waals surface area contributed by atoms with Gasteiger partial charge in [0.05, 0.1) is 28.8 Å². The lowest BCUT2D eigenvalue weighted by Gasteiger charge is -2.17. The van der Waals surface area contributed by atoms with Crippen LogP contribution in [0, 0.1) is 11.3 Å². The van der Waals surface area contributed by atoms with Crippen molar-refractivity contribution in [3.63, 3.8) is 0 Å². The highest BCUT2D eigenvalue weighted by atomic mass is 32.2. The van der Waals surface area contributed by atoms with Gasteiger partial charge in [-0.05, 0) is 42.0 Å². The molecule has 11 heteroatoms. The van der Waals surface area contributed by atoms with Crippen molar-refractivity contribution in [3.8, 4) is 6.07 Å². The molecule has 0 aliphatic carbocycles. The zero-order valence-corrected chi connectivity index (χ0v) is 18.4. The largest absolute Gasteiger partial charge is 0.325 e. The summed E-state index contributed by atoms with van der Waals surface area (Å²) in [5, 5.41) is 11.4. The Hall–Kier alpha value is -3.04. The Kier molecular flexibility index (Phi) is 8.07. The van der Waals surface area contributed by atoms with Crippen molar-refractivity contribution in [2.45, 2.75) is 10.6 Å². The number of likely N-dealkylation sites (N-methyl/N-ethyl adjacent to an activating group) is 1. The maximum absolute atomic E-state index is 12.6. The van der Waals surface area contributed by atoms with Crippen LogP contribution in [0.25, 0.3) is 0 Å². The topological polar surface area (TPSA) is 136 Å². The molecular weight excluding hydrogens is 440 g/mol. The molecule has 0 heterocycles. The first-order valence-corrected chi connectivity index (χ1v) is 12.1. The second-order valence-electron chi connectivity index (χ2n) is 6.54. The van der Waals surface area contributed by atoms with E-state index < -0.39 is 32.5 Å². The summed E-state index contributed by atoms with van der Waals surface area (Å²) < 4.78 is 52.2. The number of nitrogens with one attached hydrogen (secondary N) is 2. The van der Waals surface area contributed by atoms with E-state index in [0.29, 0.717) is 16.8 Å². The molecule has 0 radical (unpaired) electrons. The number of carbonyl (C=O) groups excluding carboxylic acids is 1. The first-order valence-electron chi connectivity index (χ1n) is 9.01. The van der Waals surface area contributed by atoms with Crippen LogP contribution in [0.5, 0.6) is 0 Å². The van der Waals surface area contributed by atoms with E-state index in [1.807, 2.05) is 6.07 Å². The summed E-state index contributed by atoms with van der Waals surface area (Å²) in [6, 6.07) is 13.5. The minimum Gasteiger partial charge on any atom is -0.325 e. The van der Waals surface area contributed by atoms with Crippen molar-refractivity contribution < 1.29 is 21.6 Å². The molecule has 0 aliphatic heterocycles. The van der Waals surface area contributed by atoms with Crippen molar-refractivity contribution in [2.24, 2.45) is 0 Å². The Labute approximate surface area is 182 Å². The lowest BCUT2D eigenvalue weighted by Crippen LogP contribution is -2.35. The summed E-state index contributed by atoms with van der Waals surface area (Å²) in [6.07, 6.45) is 1.44. The molecule has 0 bridgehead atoms. The first kappa shape index (κ1) is 24.2. The van der Waals surface area contributed by atoms with Crippen LogP contribution in [-0.4, -0.2) is 47.2 Å². The van der Waals surface area contributed by atoms with Gasteiger partial charge in [-0.25, -0.2) is 21.6 Å². The number of nitrogens with zero attached hydrogens (tertiary/aromatic N) is 2. The van der Waals surface area contributed by atoms with Gasteiger partial charge in [0.15, 0.2) is 0 Å². The fraction of sp³-hybridized carbons (Fsp3) is 0.200. The smallest absolute Gasteiger partial charge is 0.243 e. The van der Waals surface area contributed by atoms with Crippen molar-refractivity contribution in [2.75, 3.05) is 25.5 Å². The van der Waals surface area contributed by atoms with E-state index in [2.05, 4.69) is 16.6 Å². The monoisotopic (exact) mass is 462 g/mol. The van der Waals surface area contributed by atoms with E-state index in [0.717, 1.165) is 4.31 Å². The van der Waals surface area contributed by atoms with Crippen LogP contribution in [0.1, 0.15) is 11.1 Å². The Morgan fingerprint density at radius 1 is 1.10 bits per heavy atom. The maximum atomic E-state index is 12.6. The molecule has 2 aromatic rings. The van der Waals surface area contributed by atoms with Crippen LogP contribution in [0.15, 0.2) is 66.1 Å². The van der Waals surface area contributed by atoms with Gasteiger partial charge in [0.2, 0.25) is 26.0 Å². The summed E-state index contributed by atoms with van der Waals surface area (Å²) in [7, 11) is -6.12. The van der Waals surface area contributed by atoms with Gasteiger partial charge >= 0.3 is 0 Å². The number of benzene rings is 2. The van der Waals surface area contributed by atoms with Crippen LogP contribution in [0.2, 0.25) is 0 Å². The number of hydrogen-bond acceptors (Lipinski definition) is 6. The summed E-state index contributed by atoms with van der Waals surface area (Å²) in [5.74, 6) is -0.784. The number of hydrogen-bond donors (Lipinski definition) is 2. The number of nitriles is 1. The standard InChI is InChI=1S/C20H22N4O5S2/c1-3-12-22-30(26,27)15-17-4-8-18(9-5-17)23-20(25)14-24(2)31(28,29)19-10-6-16(13-21)7-11-19/h3-11,22H,1,12,14-15H2,2H3,(H,23,25). The third kappa shape index (κ3) is 7.01. The molecule has 0 fully saturated rings. The minimum absolute atomic E-state index is 0.0302. The number of carbonyl (C=O) groups is 1. The van der Waals surface area contributed by atoms with Crippen LogP contribution in [-0.2, 0) is 30.6 Å². The van der Waals surface area contributed by atoms with Crippen LogP contribution < -0.4 is 10.0 Å². The van der Waals surface area contributed by atoms with Crippen molar-refractivity contribution in [1.82, 2.24) is 9.03 Å². The molecule has 2 N–H and O–H groups in total. The first-order chi connectivity index (χ1) is 14.6. The predicted molar refractivity (Wildman–Crippen MR) is 117 cm³/mol. The van der Waals surface area contributed by atoms with Gasteiger partial charge in [-0.2, -0.15) is 9.57 Å². The summed E-state index contributed by atoms with van der Waals surface area (Å²) in [5.41, 5.74) is 1.25. The molecule has 164 valence electrons. The highest BCUT2D eigenvalue weighted by Crippen LogP contribution is 2.16. The molecule has 2 aromatic carbocycles. The highest BCUT2D eigenvalue weighted by molar-refractivity contribution is 7.89. The van der Waals surface area contributed by atoms with E-state index >= 15 is 0 Å². The highest BCUT2D eigenvalue weighted by Gasteiger charge is 2.23. The normalized spacial score (nSPS) is 11.6. The summed E-state index contributed by atoms with van der Waals surface area (Å²) in [6.45, 7) is 3.16. The Bertz CT molecular complexity index is 1180. The van der Waals surface area contributed by atoms with Gasteiger partial charge in [-0.3, -0.25) is 4.79 Å². The van der Waals surface area contributed by atoms with Crippen molar-refractivity contribution in [3.05, 3.63) is 72.3 Å².